The van der Waals surface area contributed by atoms with Gasteiger partial charge in [-0.15, -0.1) is 0 Å². The zero-order valence-electron chi connectivity index (χ0n) is 14.7. The summed E-state index contributed by atoms with van der Waals surface area (Å²) < 4.78 is 52.2. The third kappa shape index (κ3) is 3.77. The highest BCUT2D eigenvalue weighted by Crippen LogP contribution is 2.32. The van der Waals surface area contributed by atoms with Gasteiger partial charge >= 0.3 is 0 Å². The van der Waals surface area contributed by atoms with Crippen LogP contribution in [0.15, 0.2) is 46.2 Å². The molecule has 8 heteroatoms. The quantitative estimate of drug-likeness (QED) is 0.774. The van der Waals surface area contributed by atoms with Crippen molar-refractivity contribution in [3.8, 4) is 0 Å². The first-order chi connectivity index (χ1) is 12.1. The fourth-order valence-corrected chi connectivity index (χ4v) is 5.55. The van der Waals surface area contributed by atoms with Crippen LogP contribution in [0.4, 0.5) is 5.69 Å². The van der Waals surface area contributed by atoms with E-state index in [-0.39, 0.29) is 15.8 Å². The van der Waals surface area contributed by atoms with Gasteiger partial charge in [-0.25, -0.2) is 21.6 Å². The van der Waals surface area contributed by atoms with Crippen LogP contribution in [-0.4, -0.2) is 23.1 Å². The second-order valence-electron chi connectivity index (χ2n) is 6.72. The van der Waals surface area contributed by atoms with Crippen molar-refractivity contribution in [2.45, 2.75) is 42.0 Å². The Morgan fingerprint density at radius 3 is 2.50 bits per heavy atom. The maximum atomic E-state index is 12.9. The van der Waals surface area contributed by atoms with Crippen LogP contribution in [0.1, 0.15) is 35.6 Å². The van der Waals surface area contributed by atoms with Gasteiger partial charge in [0, 0.05) is 18.0 Å². The normalized spacial score (nSPS) is 17.7. The van der Waals surface area contributed by atoms with Gasteiger partial charge in [-0.1, -0.05) is 12.1 Å². The van der Waals surface area contributed by atoms with Gasteiger partial charge in [0.25, 0.3) is 0 Å². The fourth-order valence-electron chi connectivity index (χ4n) is 3.31. The molecule has 0 aromatic heterocycles. The fraction of sp³-hybridized carbons (Fsp3) is 0.333. The number of nitrogen functional groups attached to an aromatic ring is 1. The molecule has 1 aliphatic carbocycles. The number of hydrogen-bond acceptors (Lipinski definition) is 5. The molecular weight excluding hydrogens is 372 g/mol. The van der Waals surface area contributed by atoms with Crippen molar-refractivity contribution in [2.75, 3.05) is 12.0 Å². The summed E-state index contributed by atoms with van der Waals surface area (Å²) in [7, 11) is -7.37. The third-order valence-corrected chi connectivity index (χ3v) is 7.38. The number of anilines is 1. The van der Waals surface area contributed by atoms with Gasteiger partial charge in [0.1, 0.15) is 0 Å². The summed E-state index contributed by atoms with van der Waals surface area (Å²) in [5.74, 6) is 0. The summed E-state index contributed by atoms with van der Waals surface area (Å²) >= 11 is 0. The van der Waals surface area contributed by atoms with E-state index in [0.29, 0.717) is 17.7 Å². The van der Waals surface area contributed by atoms with E-state index in [1.54, 1.807) is 13.0 Å². The molecule has 0 radical (unpaired) electrons. The Balaban J connectivity index is 1.99. The zero-order chi connectivity index (χ0) is 19.1. The molecule has 140 valence electrons. The van der Waals surface area contributed by atoms with E-state index in [1.165, 1.54) is 18.2 Å². The highest BCUT2D eigenvalue weighted by Gasteiger charge is 2.27. The number of sulfonamides is 1. The molecule has 0 aliphatic heterocycles. The smallest absolute Gasteiger partial charge is 0.241 e. The summed E-state index contributed by atoms with van der Waals surface area (Å²) in [6.07, 6.45) is 3.46. The number of nitrogens with one attached hydrogen (secondary N) is 1. The molecule has 6 nitrogen and oxygen atoms in total. The molecule has 2 aromatic rings. The van der Waals surface area contributed by atoms with Crippen LogP contribution in [0.3, 0.4) is 0 Å². The lowest BCUT2D eigenvalue weighted by Crippen LogP contribution is -2.31. The van der Waals surface area contributed by atoms with Crippen LogP contribution in [0, 0.1) is 6.92 Å². The average molecular weight is 395 g/mol. The van der Waals surface area contributed by atoms with Crippen LogP contribution >= 0.6 is 0 Å². The molecule has 1 unspecified atom stereocenters. The SMILES string of the molecule is Cc1ccc(S(C)(=O)=O)cc1S(=O)(=O)NC1CCCc2cc(N)ccc21. The number of benzene rings is 2. The molecule has 0 saturated heterocycles. The highest BCUT2D eigenvalue weighted by atomic mass is 32.2. The maximum absolute atomic E-state index is 12.9. The first kappa shape index (κ1) is 18.9. The second kappa shape index (κ2) is 6.68. The Morgan fingerprint density at radius 1 is 1.08 bits per heavy atom. The van der Waals surface area contributed by atoms with Gasteiger partial charge in [0.2, 0.25) is 10.0 Å². The number of nitrogens with two attached hydrogens (primary N) is 1. The summed E-state index contributed by atoms with van der Waals surface area (Å²) in [6, 6.07) is 9.30. The molecule has 0 amide bonds. The zero-order valence-corrected chi connectivity index (χ0v) is 16.3. The summed E-state index contributed by atoms with van der Waals surface area (Å²) in [6.45, 7) is 1.65. The lowest BCUT2D eigenvalue weighted by atomic mass is 9.88. The standard InChI is InChI=1S/C18H22N2O4S2/c1-12-6-8-15(25(2,21)22)11-18(12)26(23,24)20-17-5-3-4-13-10-14(19)7-9-16(13)17/h6-11,17,20H,3-5,19H2,1-2H3. The van der Waals surface area contributed by atoms with E-state index in [2.05, 4.69) is 4.72 Å². The molecule has 26 heavy (non-hydrogen) atoms. The van der Waals surface area contributed by atoms with Gasteiger partial charge in [-0.2, -0.15) is 0 Å². The van der Waals surface area contributed by atoms with Crippen molar-refractivity contribution in [1.82, 2.24) is 4.72 Å². The molecule has 0 heterocycles. The van der Waals surface area contributed by atoms with E-state index in [1.807, 2.05) is 12.1 Å². The van der Waals surface area contributed by atoms with Crippen molar-refractivity contribution >= 4 is 25.5 Å². The molecule has 3 N–H and O–H groups in total. The Morgan fingerprint density at radius 2 is 1.81 bits per heavy atom. The molecule has 2 aromatic carbocycles. The van der Waals surface area contributed by atoms with Gasteiger partial charge in [0.05, 0.1) is 9.79 Å². The molecule has 1 atom stereocenters. The Labute approximate surface area is 154 Å². The van der Waals surface area contributed by atoms with Crippen molar-refractivity contribution in [3.63, 3.8) is 0 Å². The average Bonchev–Trinajstić information content (AvgIpc) is 2.53. The topological polar surface area (TPSA) is 106 Å². The number of aryl methyl sites for hydroxylation is 2. The lowest BCUT2D eigenvalue weighted by molar-refractivity contribution is 0.507. The molecular formula is C18H22N2O4S2. The highest BCUT2D eigenvalue weighted by molar-refractivity contribution is 7.91. The minimum Gasteiger partial charge on any atom is -0.399 e. The van der Waals surface area contributed by atoms with Crippen molar-refractivity contribution in [3.05, 3.63) is 53.1 Å². The van der Waals surface area contributed by atoms with E-state index < -0.39 is 19.9 Å². The second-order valence-corrected chi connectivity index (χ2v) is 10.4. The molecule has 0 bridgehead atoms. The van der Waals surface area contributed by atoms with Gasteiger partial charge in [-0.3, -0.25) is 0 Å². The van der Waals surface area contributed by atoms with Crippen molar-refractivity contribution in [1.29, 1.82) is 0 Å². The van der Waals surface area contributed by atoms with Crippen molar-refractivity contribution in [2.24, 2.45) is 0 Å². The lowest BCUT2D eigenvalue weighted by Gasteiger charge is -2.27. The molecule has 1 aliphatic rings. The monoisotopic (exact) mass is 394 g/mol. The van der Waals surface area contributed by atoms with E-state index in [9.17, 15) is 16.8 Å². The van der Waals surface area contributed by atoms with E-state index in [0.717, 1.165) is 30.2 Å². The van der Waals surface area contributed by atoms with Crippen LogP contribution in [-0.2, 0) is 26.3 Å². The van der Waals surface area contributed by atoms with Crippen LogP contribution in [0.2, 0.25) is 0 Å². The van der Waals surface area contributed by atoms with Gasteiger partial charge in [0.15, 0.2) is 9.84 Å². The minimum atomic E-state index is -3.87. The van der Waals surface area contributed by atoms with E-state index in [4.69, 9.17) is 5.73 Å². The molecule has 0 spiro atoms. The molecule has 3 rings (SSSR count). The van der Waals surface area contributed by atoms with Gasteiger partial charge in [-0.05, 0) is 67.1 Å². The molecule has 0 fully saturated rings. The number of hydrogen-bond donors (Lipinski definition) is 2. The largest absolute Gasteiger partial charge is 0.399 e. The number of sulfone groups is 1. The Bertz CT molecular complexity index is 1060. The Hall–Kier alpha value is -1.90. The predicted molar refractivity (Wildman–Crippen MR) is 101 cm³/mol. The third-order valence-electron chi connectivity index (χ3n) is 4.66. The predicted octanol–water partition coefficient (Wildman–Crippen LogP) is 2.34. The van der Waals surface area contributed by atoms with Gasteiger partial charge < -0.3 is 5.73 Å². The summed E-state index contributed by atoms with van der Waals surface area (Å²) in [5, 5.41) is 0. The first-order valence-electron chi connectivity index (χ1n) is 8.29. The number of fused-ring (bicyclic) bond motifs is 1. The maximum Gasteiger partial charge on any atom is 0.241 e. The first-order valence-corrected chi connectivity index (χ1v) is 11.7. The molecule has 0 saturated carbocycles. The summed E-state index contributed by atoms with van der Waals surface area (Å²) in [4.78, 5) is -0.0247. The summed E-state index contributed by atoms with van der Waals surface area (Å²) in [5.41, 5.74) is 8.95. The van der Waals surface area contributed by atoms with E-state index >= 15 is 0 Å². The number of rotatable bonds is 4. The minimum absolute atomic E-state index is 0.0111. The van der Waals surface area contributed by atoms with Crippen molar-refractivity contribution < 1.29 is 16.8 Å². The Kier molecular flexibility index (Phi) is 4.85. The van der Waals surface area contributed by atoms with Crippen LogP contribution in [0.5, 0.6) is 0 Å². The van der Waals surface area contributed by atoms with Crippen LogP contribution in [0.25, 0.3) is 0 Å². The van der Waals surface area contributed by atoms with Crippen LogP contribution < -0.4 is 10.5 Å².